The Morgan fingerprint density at radius 2 is 1.90 bits per heavy atom. The van der Waals surface area contributed by atoms with E-state index in [9.17, 15) is 9.90 Å². The van der Waals surface area contributed by atoms with Gasteiger partial charge in [-0.05, 0) is 43.5 Å². The number of nitrogens with one attached hydrogen (secondary N) is 1. The van der Waals surface area contributed by atoms with Crippen molar-refractivity contribution in [1.29, 1.82) is 0 Å². The van der Waals surface area contributed by atoms with Crippen LogP contribution < -0.4 is 19.7 Å². The van der Waals surface area contributed by atoms with Gasteiger partial charge in [-0.2, -0.15) is 0 Å². The molecule has 0 radical (unpaired) electrons. The minimum atomic E-state index is -0.714. The number of hydrogen-bond acceptors (Lipinski definition) is 7. The molecule has 0 unspecified atom stereocenters. The fraction of sp³-hybridized carbons (Fsp3) is 0.348. The van der Waals surface area contributed by atoms with Gasteiger partial charge in [-0.1, -0.05) is 23.8 Å². The van der Waals surface area contributed by atoms with Gasteiger partial charge in [-0.25, -0.2) is 0 Å². The third-order valence-corrected chi connectivity index (χ3v) is 5.96. The molecule has 8 heteroatoms. The van der Waals surface area contributed by atoms with Crippen LogP contribution in [0.15, 0.2) is 36.4 Å². The zero-order valence-corrected chi connectivity index (χ0v) is 17.3. The van der Waals surface area contributed by atoms with E-state index in [0.717, 1.165) is 45.0 Å². The van der Waals surface area contributed by atoms with E-state index in [2.05, 4.69) is 45.5 Å². The molecule has 0 aliphatic carbocycles. The summed E-state index contributed by atoms with van der Waals surface area (Å²) in [4.78, 5) is 13.4. The number of carbonyl (C=O) groups is 1. The summed E-state index contributed by atoms with van der Waals surface area (Å²) in [7, 11) is 0. The van der Waals surface area contributed by atoms with Gasteiger partial charge < -0.3 is 24.8 Å². The molecule has 0 spiro atoms. The second-order valence-electron chi connectivity index (χ2n) is 8.06. The predicted molar refractivity (Wildman–Crippen MR) is 117 cm³/mol. The number of hydrogen-bond donors (Lipinski definition) is 2. The van der Waals surface area contributed by atoms with Crippen molar-refractivity contribution in [3.05, 3.63) is 47.5 Å². The van der Waals surface area contributed by atoms with Crippen LogP contribution in [0.3, 0.4) is 0 Å². The number of nitrogens with zero attached hydrogens (tertiary/aromatic N) is 3. The molecule has 1 aromatic heterocycles. The normalized spacial score (nSPS) is 16.0. The number of ether oxygens (including phenoxy) is 2. The number of piperidine rings is 1. The number of rotatable bonds is 5. The molecule has 8 nitrogen and oxygen atoms in total. The smallest absolute Gasteiger partial charge is 0.306 e. The third kappa shape index (κ3) is 3.81. The van der Waals surface area contributed by atoms with Crippen molar-refractivity contribution in [3.8, 4) is 11.5 Å². The summed E-state index contributed by atoms with van der Waals surface area (Å²) in [5, 5.41) is 23.7. The molecule has 3 aromatic rings. The lowest BCUT2D eigenvalue weighted by atomic mass is 9.97. The highest BCUT2D eigenvalue weighted by Gasteiger charge is 2.26. The molecular formula is C23H24N4O4. The topological polar surface area (TPSA) is 96.8 Å². The highest BCUT2D eigenvalue weighted by molar-refractivity contribution is 5.99. The molecule has 0 atom stereocenters. The first-order valence-electron chi connectivity index (χ1n) is 10.5. The summed E-state index contributed by atoms with van der Waals surface area (Å²) in [6.07, 6.45) is 1.24. The Hall–Kier alpha value is -3.55. The van der Waals surface area contributed by atoms with Gasteiger partial charge in [0, 0.05) is 30.4 Å². The highest BCUT2D eigenvalue weighted by Crippen LogP contribution is 2.34. The number of aliphatic carboxylic acids is 1. The number of carboxylic acid groups (broad SMARTS) is 1. The first kappa shape index (κ1) is 19.4. The molecule has 2 aliphatic heterocycles. The molecule has 160 valence electrons. The van der Waals surface area contributed by atoms with Crippen molar-refractivity contribution < 1.29 is 19.4 Å². The van der Waals surface area contributed by atoms with Gasteiger partial charge in [-0.15, -0.1) is 10.2 Å². The largest absolute Gasteiger partial charge is 0.481 e. The van der Waals surface area contributed by atoms with Gasteiger partial charge in [0.25, 0.3) is 0 Å². The number of anilines is 2. The van der Waals surface area contributed by atoms with Gasteiger partial charge in [-0.3, -0.25) is 4.79 Å². The Bertz CT molecular complexity index is 1140. The second-order valence-corrected chi connectivity index (χ2v) is 8.06. The number of aryl methyl sites for hydroxylation is 1. The summed E-state index contributed by atoms with van der Waals surface area (Å²) >= 11 is 0. The van der Waals surface area contributed by atoms with Gasteiger partial charge >= 0.3 is 5.97 Å². The van der Waals surface area contributed by atoms with E-state index in [-0.39, 0.29) is 12.7 Å². The first-order chi connectivity index (χ1) is 15.1. The van der Waals surface area contributed by atoms with Crippen molar-refractivity contribution >= 4 is 28.4 Å². The van der Waals surface area contributed by atoms with Crippen LogP contribution in [0.4, 0.5) is 11.6 Å². The van der Waals surface area contributed by atoms with Gasteiger partial charge in [0.2, 0.25) is 6.79 Å². The van der Waals surface area contributed by atoms with Gasteiger partial charge in [0.1, 0.15) is 0 Å². The van der Waals surface area contributed by atoms with Crippen molar-refractivity contribution in [2.24, 2.45) is 5.92 Å². The summed E-state index contributed by atoms with van der Waals surface area (Å²) < 4.78 is 10.8. The Balaban J connectivity index is 1.40. The number of benzene rings is 2. The summed E-state index contributed by atoms with van der Waals surface area (Å²) in [6, 6.07) is 12.1. The molecule has 2 N–H and O–H groups in total. The van der Waals surface area contributed by atoms with Gasteiger partial charge in [0.15, 0.2) is 23.1 Å². The SMILES string of the molecule is Cc1ccc2c(N3CCC(C(=O)O)CC3)nnc(NCc3ccc4c(c3)OCO4)c2c1. The van der Waals surface area contributed by atoms with Crippen LogP contribution in [0.25, 0.3) is 10.8 Å². The monoisotopic (exact) mass is 420 g/mol. The maximum atomic E-state index is 11.3. The molecule has 1 saturated heterocycles. The van der Waals surface area contributed by atoms with Crippen molar-refractivity contribution in [2.45, 2.75) is 26.3 Å². The lowest BCUT2D eigenvalue weighted by Gasteiger charge is -2.31. The molecule has 0 saturated carbocycles. The number of aromatic nitrogens is 2. The van der Waals surface area contributed by atoms with E-state index in [0.29, 0.717) is 32.5 Å². The maximum absolute atomic E-state index is 11.3. The maximum Gasteiger partial charge on any atom is 0.306 e. The van der Waals surface area contributed by atoms with Crippen molar-refractivity contribution in [2.75, 3.05) is 30.1 Å². The van der Waals surface area contributed by atoms with E-state index in [1.807, 2.05) is 18.2 Å². The molecule has 3 heterocycles. The Labute approximate surface area is 179 Å². The Morgan fingerprint density at radius 3 is 2.71 bits per heavy atom. The highest BCUT2D eigenvalue weighted by atomic mass is 16.7. The Kier molecular flexibility index (Phi) is 4.97. The zero-order valence-electron chi connectivity index (χ0n) is 17.3. The van der Waals surface area contributed by atoms with Gasteiger partial charge in [0.05, 0.1) is 5.92 Å². The molecule has 2 aliphatic rings. The molecule has 0 amide bonds. The predicted octanol–water partition coefficient (Wildman–Crippen LogP) is 3.58. The van der Waals surface area contributed by atoms with E-state index in [4.69, 9.17) is 9.47 Å². The standard InChI is InChI=1S/C23H24N4O4/c1-14-2-4-17-18(10-14)21(24-12-15-3-5-19-20(11-15)31-13-30-19)25-26-22(17)27-8-6-16(7-9-27)23(28)29/h2-5,10-11,16H,6-9,12-13H2,1H3,(H,24,25)(H,28,29). The van der Waals surface area contributed by atoms with E-state index in [1.165, 1.54) is 0 Å². The lowest BCUT2D eigenvalue weighted by molar-refractivity contribution is -0.142. The van der Waals surface area contributed by atoms with Crippen LogP contribution in [0.2, 0.25) is 0 Å². The number of fused-ring (bicyclic) bond motifs is 2. The molecule has 0 bridgehead atoms. The van der Waals surface area contributed by atoms with Crippen LogP contribution in [-0.2, 0) is 11.3 Å². The fourth-order valence-electron chi connectivity index (χ4n) is 4.19. The minimum Gasteiger partial charge on any atom is -0.481 e. The molecular weight excluding hydrogens is 396 g/mol. The summed E-state index contributed by atoms with van der Waals surface area (Å²) in [5.74, 6) is 2.06. The molecule has 1 fully saturated rings. The lowest BCUT2D eigenvalue weighted by Crippen LogP contribution is -2.37. The zero-order chi connectivity index (χ0) is 21.4. The number of carboxylic acids is 1. The van der Waals surface area contributed by atoms with Crippen LogP contribution in [-0.4, -0.2) is 41.2 Å². The third-order valence-electron chi connectivity index (χ3n) is 5.96. The first-order valence-corrected chi connectivity index (χ1v) is 10.5. The quantitative estimate of drug-likeness (QED) is 0.647. The van der Waals surface area contributed by atoms with Crippen LogP contribution in [0, 0.1) is 12.8 Å². The van der Waals surface area contributed by atoms with E-state index < -0.39 is 5.97 Å². The Morgan fingerprint density at radius 1 is 1.10 bits per heavy atom. The fourth-order valence-corrected chi connectivity index (χ4v) is 4.19. The molecule has 2 aromatic carbocycles. The second kappa shape index (κ2) is 7.94. The molecule has 5 rings (SSSR count). The molecule has 31 heavy (non-hydrogen) atoms. The van der Waals surface area contributed by atoms with Crippen molar-refractivity contribution in [3.63, 3.8) is 0 Å². The van der Waals surface area contributed by atoms with E-state index >= 15 is 0 Å². The average Bonchev–Trinajstić information content (AvgIpc) is 3.25. The minimum absolute atomic E-state index is 0.257. The van der Waals surface area contributed by atoms with Crippen LogP contribution >= 0.6 is 0 Å². The van der Waals surface area contributed by atoms with Crippen molar-refractivity contribution in [1.82, 2.24) is 10.2 Å². The summed E-state index contributed by atoms with van der Waals surface area (Å²) in [6.45, 7) is 4.22. The summed E-state index contributed by atoms with van der Waals surface area (Å²) in [5.41, 5.74) is 2.20. The van der Waals surface area contributed by atoms with E-state index in [1.54, 1.807) is 0 Å². The average molecular weight is 420 g/mol. The van der Waals surface area contributed by atoms with Crippen LogP contribution in [0.1, 0.15) is 24.0 Å². The van der Waals surface area contributed by atoms with Crippen LogP contribution in [0.5, 0.6) is 11.5 Å².